The molecule has 1 fully saturated rings. The third kappa shape index (κ3) is 2.08. The highest BCUT2D eigenvalue weighted by Gasteiger charge is 2.26. The van der Waals surface area contributed by atoms with Crippen LogP contribution in [0.15, 0.2) is 29.2 Å². The van der Waals surface area contributed by atoms with Crippen molar-refractivity contribution in [3.8, 4) is 0 Å². The van der Waals surface area contributed by atoms with Gasteiger partial charge in [-0.2, -0.15) is 4.31 Å². The molecule has 0 saturated carbocycles. The van der Waals surface area contributed by atoms with Gasteiger partial charge in [0.05, 0.1) is 4.90 Å². The molecule has 1 saturated heterocycles. The van der Waals surface area contributed by atoms with Gasteiger partial charge in [-0.1, -0.05) is 17.6 Å². The fourth-order valence-electron chi connectivity index (χ4n) is 1.75. The van der Waals surface area contributed by atoms with Gasteiger partial charge in [0.2, 0.25) is 10.0 Å². The van der Waals surface area contributed by atoms with E-state index in [1.54, 1.807) is 18.2 Å². The average Bonchev–Trinajstić information content (AvgIpc) is 2.71. The lowest BCUT2D eigenvalue weighted by atomic mass is 9.97. The smallest absolute Gasteiger partial charge is 0.207 e. The highest BCUT2D eigenvalue weighted by atomic mass is 32.2. The van der Waals surface area contributed by atoms with Crippen LogP contribution in [-0.4, -0.2) is 33.7 Å². The molecule has 0 atom stereocenters. The van der Waals surface area contributed by atoms with Crippen molar-refractivity contribution in [1.29, 1.82) is 0 Å². The first-order valence-electron chi connectivity index (χ1n) is 4.96. The molecule has 0 unspecified atom stereocenters. The summed E-state index contributed by atoms with van der Waals surface area (Å²) in [5.74, 6) is 0. The van der Waals surface area contributed by atoms with Crippen molar-refractivity contribution in [2.24, 2.45) is 0 Å². The van der Waals surface area contributed by atoms with Crippen LogP contribution in [0.2, 0.25) is 0 Å². The Balaban J connectivity index is 2.36. The predicted molar refractivity (Wildman–Crippen MR) is 59.8 cm³/mol. The maximum Gasteiger partial charge on any atom is 0.243 e. The second-order valence-corrected chi connectivity index (χ2v) is 5.62. The van der Waals surface area contributed by atoms with Gasteiger partial charge in [-0.3, -0.25) is 0 Å². The molecule has 1 aromatic carbocycles. The molecule has 0 aromatic heterocycles. The van der Waals surface area contributed by atoms with Crippen molar-refractivity contribution in [3.05, 3.63) is 24.3 Å². The van der Waals surface area contributed by atoms with Crippen LogP contribution in [0.4, 0.5) is 0 Å². The van der Waals surface area contributed by atoms with Crippen LogP contribution in [0.3, 0.4) is 0 Å². The van der Waals surface area contributed by atoms with Crippen LogP contribution in [0, 0.1) is 0 Å². The standard InChI is InChI=1S/C10H12BNO2S/c11-9-4-3-5-10(8-9)15(13,14)12-6-1-2-7-12/h3-5,8H,1-2,6-7H2. The van der Waals surface area contributed by atoms with Crippen molar-refractivity contribution >= 4 is 23.3 Å². The molecule has 1 aliphatic heterocycles. The number of hydrogen-bond acceptors (Lipinski definition) is 2. The Morgan fingerprint density at radius 2 is 1.87 bits per heavy atom. The molecule has 1 aromatic rings. The number of benzene rings is 1. The molecule has 0 bridgehead atoms. The van der Waals surface area contributed by atoms with Crippen LogP contribution in [0.5, 0.6) is 0 Å². The number of rotatable bonds is 2. The van der Waals surface area contributed by atoms with Crippen molar-refractivity contribution in [2.75, 3.05) is 13.1 Å². The first kappa shape index (κ1) is 10.7. The quantitative estimate of drug-likeness (QED) is 0.672. The van der Waals surface area contributed by atoms with E-state index in [4.69, 9.17) is 7.85 Å². The number of nitrogens with zero attached hydrogens (tertiary/aromatic N) is 1. The van der Waals surface area contributed by atoms with Gasteiger partial charge in [-0.05, 0) is 25.0 Å². The zero-order valence-electron chi connectivity index (χ0n) is 8.39. The maximum absolute atomic E-state index is 12.1. The Morgan fingerprint density at radius 1 is 1.20 bits per heavy atom. The van der Waals surface area contributed by atoms with Crippen molar-refractivity contribution in [2.45, 2.75) is 17.7 Å². The number of hydrogen-bond donors (Lipinski definition) is 0. The molecule has 1 heterocycles. The monoisotopic (exact) mass is 221 g/mol. The van der Waals surface area contributed by atoms with Gasteiger partial charge in [0.25, 0.3) is 0 Å². The molecule has 0 aliphatic carbocycles. The third-order valence-corrected chi connectivity index (χ3v) is 4.46. The summed E-state index contributed by atoms with van der Waals surface area (Å²) in [4.78, 5) is 0.296. The summed E-state index contributed by atoms with van der Waals surface area (Å²) >= 11 is 0. The fraction of sp³-hybridized carbons (Fsp3) is 0.400. The van der Waals surface area contributed by atoms with Gasteiger partial charge in [0.1, 0.15) is 7.85 Å². The third-order valence-electron chi connectivity index (χ3n) is 2.56. The molecule has 3 nitrogen and oxygen atoms in total. The Bertz CT molecular complexity index is 452. The molecule has 2 rings (SSSR count). The maximum atomic E-state index is 12.1. The lowest BCUT2D eigenvalue weighted by Gasteiger charge is -2.15. The topological polar surface area (TPSA) is 37.4 Å². The van der Waals surface area contributed by atoms with Crippen LogP contribution >= 0.6 is 0 Å². The van der Waals surface area contributed by atoms with E-state index < -0.39 is 10.0 Å². The van der Waals surface area contributed by atoms with Gasteiger partial charge in [0.15, 0.2) is 0 Å². The second kappa shape index (κ2) is 3.98. The summed E-state index contributed by atoms with van der Waals surface area (Å²) in [6.45, 7) is 1.24. The molecule has 0 N–H and O–H groups in total. The fourth-order valence-corrected chi connectivity index (χ4v) is 3.33. The van der Waals surface area contributed by atoms with Crippen LogP contribution in [-0.2, 0) is 10.0 Å². The van der Waals surface area contributed by atoms with Crippen LogP contribution in [0.25, 0.3) is 0 Å². The molecule has 1 aliphatic rings. The van der Waals surface area contributed by atoms with E-state index in [0.717, 1.165) is 12.8 Å². The van der Waals surface area contributed by atoms with Gasteiger partial charge < -0.3 is 0 Å². The minimum absolute atomic E-state index is 0.296. The van der Waals surface area contributed by atoms with E-state index in [1.165, 1.54) is 10.4 Å². The van der Waals surface area contributed by atoms with E-state index >= 15 is 0 Å². The second-order valence-electron chi connectivity index (χ2n) is 3.68. The van der Waals surface area contributed by atoms with Crippen LogP contribution < -0.4 is 5.46 Å². The summed E-state index contributed by atoms with van der Waals surface area (Å²) in [6.07, 6.45) is 1.89. The summed E-state index contributed by atoms with van der Waals surface area (Å²) in [7, 11) is 2.26. The lowest BCUT2D eigenvalue weighted by molar-refractivity contribution is 0.477. The van der Waals surface area contributed by atoms with Crippen molar-refractivity contribution < 1.29 is 8.42 Å². The molecule has 0 spiro atoms. The molecular formula is C10H12BNO2S. The summed E-state index contributed by atoms with van der Waals surface area (Å²) < 4.78 is 25.6. The highest BCUT2D eigenvalue weighted by Crippen LogP contribution is 2.19. The van der Waals surface area contributed by atoms with E-state index in [1.807, 2.05) is 0 Å². The molecule has 78 valence electrons. The minimum Gasteiger partial charge on any atom is -0.207 e. The molecular weight excluding hydrogens is 209 g/mol. The predicted octanol–water partition coefficient (Wildman–Crippen LogP) is 0.265. The van der Waals surface area contributed by atoms with Crippen molar-refractivity contribution in [1.82, 2.24) is 4.31 Å². The van der Waals surface area contributed by atoms with E-state index in [2.05, 4.69) is 0 Å². The normalized spacial score (nSPS) is 18.1. The first-order valence-corrected chi connectivity index (χ1v) is 6.40. The Kier molecular flexibility index (Phi) is 2.84. The Morgan fingerprint density at radius 3 is 2.47 bits per heavy atom. The Hall–Kier alpha value is -0.805. The summed E-state index contributed by atoms with van der Waals surface area (Å²) in [6, 6.07) is 6.44. The molecule has 5 heteroatoms. The van der Waals surface area contributed by atoms with Crippen LogP contribution in [0.1, 0.15) is 12.8 Å². The lowest BCUT2D eigenvalue weighted by Crippen LogP contribution is -2.28. The summed E-state index contributed by atoms with van der Waals surface area (Å²) in [5.41, 5.74) is 0.482. The number of sulfonamides is 1. The van der Waals surface area contributed by atoms with Gasteiger partial charge in [-0.25, -0.2) is 8.42 Å². The minimum atomic E-state index is -3.31. The zero-order chi connectivity index (χ0) is 10.9. The molecule has 15 heavy (non-hydrogen) atoms. The van der Waals surface area contributed by atoms with E-state index in [0.29, 0.717) is 23.4 Å². The first-order chi connectivity index (χ1) is 7.10. The Labute approximate surface area is 91.6 Å². The average molecular weight is 221 g/mol. The van der Waals surface area contributed by atoms with Gasteiger partial charge in [-0.15, -0.1) is 0 Å². The SMILES string of the molecule is [B]c1cccc(S(=O)(=O)N2CCCC2)c1. The van der Waals surface area contributed by atoms with E-state index in [-0.39, 0.29) is 0 Å². The molecule has 2 radical (unpaired) electrons. The zero-order valence-corrected chi connectivity index (χ0v) is 9.20. The van der Waals surface area contributed by atoms with Crippen molar-refractivity contribution in [3.63, 3.8) is 0 Å². The van der Waals surface area contributed by atoms with E-state index in [9.17, 15) is 8.42 Å². The summed E-state index contributed by atoms with van der Waals surface area (Å²) in [5, 5.41) is 0. The highest BCUT2D eigenvalue weighted by molar-refractivity contribution is 7.89. The van der Waals surface area contributed by atoms with Gasteiger partial charge >= 0.3 is 0 Å². The largest absolute Gasteiger partial charge is 0.243 e. The molecule has 0 amide bonds. The van der Waals surface area contributed by atoms with Gasteiger partial charge in [0, 0.05) is 13.1 Å².